The molecule has 1 saturated heterocycles. The van der Waals surface area contributed by atoms with Gasteiger partial charge < -0.3 is 10.4 Å². The Kier molecular flexibility index (Phi) is 7.63. The Labute approximate surface area is 209 Å². The number of hydrogen-bond acceptors (Lipinski definition) is 6. The standard InChI is InChI=1S/C28H40N6O/c1-3-7-20(2)30-28-29-18-25-26(32-34(27(25)31-28)23-12-14-24(35)15-13-23)22-10-8-21(9-11-22)19-33-16-5-4-6-17-33/h8-11,18,20,23-24,35H,3-7,12-17,19H2,1-2H3,(H,29,30,31)/t20-,23?,24?/m0/s1. The number of hydrogen-bond donors (Lipinski definition) is 2. The minimum atomic E-state index is -0.193. The second-order valence-electron chi connectivity index (χ2n) is 10.6. The Hall–Kier alpha value is -2.51. The van der Waals surface area contributed by atoms with Gasteiger partial charge in [-0.15, -0.1) is 0 Å². The van der Waals surface area contributed by atoms with Crippen LogP contribution >= 0.6 is 0 Å². The summed E-state index contributed by atoms with van der Waals surface area (Å²) in [6.45, 7) is 7.80. The van der Waals surface area contributed by atoms with Crippen molar-refractivity contribution in [2.24, 2.45) is 0 Å². The van der Waals surface area contributed by atoms with Crippen molar-refractivity contribution in [3.05, 3.63) is 36.0 Å². The topological polar surface area (TPSA) is 79.1 Å². The minimum absolute atomic E-state index is 0.193. The molecule has 3 aromatic rings. The summed E-state index contributed by atoms with van der Waals surface area (Å²) in [4.78, 5) is 12.2. The van der Waals surface area contributed by atoms with Crippen molar-refractivity contribution in [1.29, 1.82) is 0 Å². The molecule has 2 N–H and O–H groups in total. The number of piperidine rings is 1. The number of anilines is 1. The van der Waals surface area contributed by atoms with Crippen molar-refractivity contribution >= 4 is 17.0 Å². The van der Waals surface area contributed by atoms with Gasteiger partial charge in [0.25, 0.3) is 0 Å². The van der Waals surface area contributed by atoms with Crippen molar-refractivity contribution in [3.63, 3.8) is 0 Å². The zero-order valence-electron chi connectivity index (χ0n) is 21.3. The van der Waals surface area contributed by atoms with Crippen LogP contribution in [0.25, 0.3) is 22.3 Å². The largest absolute Gasteiger partial charge is 0.393 e. The lowest BCUT2D eigenvalue weighted by molar-refractivity contribution is 0.109. The number of aliphatic hydroxyl groups is 1. The van der Waals surface area contributed by atoms with Crippen LogP contribution in [0, 0.1) is 0 Å². The number of aliphatic hydroxyl groups excluding tert-OH is 1. The van der Waals surface area contributed by atoms with E-state index in [-0.39, 0.29) is 12.1 Å². The molecule has 2 fully saturated rings. The van der Waals surface area contributed by atoms with E-state index in [4.69, 9.17) is 10.1 Å². The van der Waals surface area contributed by atoms with Gasteiger partial charge in [-0.1, -0.05) is 44.0 Å². The van der Waals surface area contributed by atoms with E-state index in [0.29, 0.717) is 12.0 Å². The Balaban J connectivity index is 1.45. The summed E-state index contributed by atoms with van der Waals surface area (Å²) in [5.41, 5.74) is 4.30. The highest BCUT2D eigenvalue weighted by Gasteiger charge is 2.26. The van der Waals surface area contributed by atoms with Gasteiger partial charge in [-0.3, -0.25) is 4.90 Å². The SMILES string of the molecule is CCC[C@H](C)Nc1ncc2c(-c3ccc(CN4CCCCC4)cc3)nn(C3CCC(O)CC3)c2n1. The van der Waals surface area contributed by atoms with Crippen LogP contribution in [-0.4, -0.2) is 55.0 Å². The highest BCUT2D eigenvalue weighted by molar-refractivity contribution is 5.91. The highest BCUT2D eigenvalue weighted by Crippen LogP contribution is 2.34. The number of fused-ring (bicyclic) bond motifs is 1. The summed E-state index contributed by atoms with van der Waals surface area (Å²) < 4.78 is 2.11. The van der Waals surface area contributed by atoms with Gasteiger partial charge in [0.1, 0.15) is 5.69 Å². The third-order valence-electron chi connectivity index (χ3n) is 7.64. The molecular weight excluding hydrogens is 436 g/mol. The number of nitrogens with zero attached hydrogens (tertiary/aromatic N) is 5. The minimum Gasteiger partial charge on any atom is -0.393 e. The third-order valence-corrected chi connectivity index (χ3v) is 7.64. The van der Waals surface area contributed by atoms with E-state index >= 15 is 0 Å². The summed E-state index contributed by atoms with van der Waals surface area (Å²) in [7, 11) is 0. The number of nitrogens with one attached hydrogen (secondary N) is 1. The molecular formula is C28H40N6O. The number of aromatic nitrogens is 4. The van der Waals surface area contributed by atoms with Crippen LogP contribution in [0.2, 0.25) is 0 Å². The van der Waals surface area contributed by atoms with Crippen LogP contribution in [-0.2, 0) is 6.54 Å². The summed E-state index contributed by atoms with van der Waals surface area (Å²) in [5.74, 6) is 0.666. The highest BCUT2D eigenvalue weighted by atomic mass is 16.3. The van der Waals surface area contributed by atoms with Gasteiger partial charge in [0.2, 0.25) is 5.95 Å². The first-order valence-electron chi connectivity index (χ1n) is 13.6. The summed E-state index contributed by atoms with van der Waals surface area (Å²) >= 11 is 0. The zero-order chi connectivity index (χ0) is 24.2. The molecule has 7 nitrogen and oxygen atoms in total. The van der Waals surface area contributed by atoms with Gasteiger partial charge in [0, 0.05) is 24.3 Å². The van der Waals surface area contributed by atoms with Crippen molar-refractivity contribution in [3.8, 4) is 11.3 Å². The second-order valence-corrected chi connectivity index (χ2v) is 10.6. The predicted molar refractivity (Wildman–Crippen MR) is 141 cm³/mol. The molecule has 3 heterocycles. The van der Waals surface area contributed by atoms with Gasteiger partial charge in [0.05, 0.1) is 17.5 Å². The fourth-order valence-electron chi connectivity index (χ4n) is 5.63. The first kappa shape index (κ1) is 24.2. The maximum Gasteiger partial charge on any atom is 0.224 e. The monoisotopic (exact) mass is 476 g/mol. The van der Waals surface area contributed by atoms with Crippen molar-refractivity contribution < 1.29 is 5.11 Å². The number of rotatable bonds is 8. The van der Waals surface area contributed by atoms with Gasteiger partial charge in [-0.2, -0.15) is 10.1 Å². The van der Waals surface area contributed by atoms with Gasteiger partial charge in [-0.05, 0) is 70.5 Å². The normalized spacial score (nSPS) is 22.4. The van der Waals surface area contributed by atoms with E-state index < -0.39 is 0 Å². The molecule has 5 rings (SSSR count). The van der Waals surface area contributed by atoms with Crippen molar-refractivity contribution in [2.45, 2.75) is 96.4 Å². The van der Waals surface area contributed by atoms with Crippen molar-refractivity contribution in [2.75, 3.05) is 18.4 Å². The Morgan fingerprint density at radius 2 is 1.80 bits per heavy atom. The summed E-state index contributed by atoms with van der Waals surface area (Å²) in [6.07, 6.45) is 11.4. The average molecular weight is 477 g/mol. The van der Waals surface area contributed by atoms with Crippen LogP contribution in [0.3, 0.4) is 0 Å². The quantitative estimate of drug-likeness (QED) is 0.443. The van der Waals surface area contributed by atoms with E-state index in [1.54, 1.807) is 0 Å². The molecule has 1 saturated carbocycles. The molecule has 1 aromatic carbocycles. The van der Waals surface area contributed by atoms with Gasteiger partial charge >= 0.3 is 0 Å². The lowest BCUT2D eigenvalue weighted by atomic mass is 9.93. The van der Waals surface area contributed by atoms with Crippen LogP contribution in [0.5, 0.6) is 0 Å². The molecule has 35 heavy (non-hydrogen) atoms. The van der Waals surface area contributed by atoms with Crippen LogP contribution in [0.1, 0.15) is 83.2 Å². The second kappa shape index (κ2) is 11.0. The molecule has 0 unspecified atom stereocenters. The average Bonchev–Trinajstić information content (AvgIpc) is 3.24. The van der Waals surface area contributed by atoms with E-state index in [0.717, 1.165) is 67.4 Å². The fraction of sp³-hybridized carbons (Fsp3) is 0.607. The van der Waals surface area contributed by atoms with E-state index in [1.807, 2.05) is 6.20 Å². The predicted octanol–water partition coefficient (Wildman–Crippen LogP) is 5.56. The molecule has 0 amide bonds. The fourth-order valence-corrected chi connectivity index (χ4v) is 5.63. The maximum absolute atomic E-state index is 10.0. The molecule has 2 aromatic heterocycles. The summed E-state index contributed by atoms with van der Waals surface area (Å²) in [6, 6.07) is 9.47. The first-order chi connectivity index (χ1) is 17.1. The molecule has 1 aliphatic heterocycles. The van der Waals surface area contributed by atoms with Gasteiger partial charge in [0.15, 0.2) is 5.65 Å². The number of benzene rings is 1. The van der Waals surface area contributed by atoms with Crippen LogP contribution in [0.4, 0.5) is 5.95 Å². The molecule has 1 aliphatic carbocycles. The Morgan fingerprint density at radius 3 is 2.51 bits per heavy atom. The first-order valence-corrected chi connectivity index (χ1v) is 13.6. The van der Waals surface area contributed by atoms with Crippen LogP contribution in [0.15, 0.2) is 30.5 Å². The van der Waals surface area contributed by atoms with E-state index in [2.05, 4.69) is 58.0 Å². The summed E-state index contributed by atoms with van der Waals surface area (Å²) in [5, 5.41) is 19.6. The number of likely N-dealkylation sites (tertiary alicyclic amines) is 1. The maximum atomic E-state index is 10.0. The Bertz CT molecular complexity index is 1100. The molecule has 7 heteroatoms. The lowest BCUT2D eigenvalue weighted by Gasteiger charge is -2.26. The van der Waals surface area contributed by atoms with Gasteiger partial charge in [-0.25, -0.2) is 9.67 Å². The Morgan fingerprint density at radius 1 is 1.06 bits per heavy atom. The van der Waals surface area contributed by atoms with Crippen molar-refractivity contribution in [1.82, 2.24) is 24.6 Å². The lowest BCUT2D eigenvalue weighted by Crippen LogP contribution is -2.28. The molecule has 0 bridgehead atoms. The zero-order valence-corrected chi connectivity index (χ0v) is 21.3. The van der Waals surface area contributed by atoms with Crippen LogP contribution < -0.4 is 5.32 Å². The molecule has 0 spiro atoms. The molecule has 2 aliphatic rings. The van der Waals surface area contributed by atoms with E-state index in [1.165, 1.54) is 37.9 Å². The van der Waals surface area contributed by atoms with E-state index in [9.17, 15) is 5.11 Å². The third kappa shape index (κ3) is 5.67. The molecule has 0 radical (unpaired) electrons. The molecule has 188 valence electrons. The molecule has 1 atom stereocenters. The smallest absolute Gasteiger partial charge is 0.224 e.